The summed E-state index contributed by atoms with van der Waals surface area (Å²) < 4.78 is 7.27. The molecule has 0 spiro atoms. The number of fused-ring (bicyclic) bond motifs is 1. The first kappa shape index (κ1) is 17.0. The fourth-order valence-corrected chi connectivity index (χ4v) is 3.69. The third-order valence-corrected chi connectivity index (χ3v) is 5.11. The zero-order valence-corrected chi connectivity index (χ0v) is 14.8. The Labute approximate surface area is 152 Å². The van der Waals surface area contributed by atoms with Crippen LogP contribution in [0, 0.1) is 0 Å². The van der Waals surface area contributed by atoms with Crippen molar-refractivity contribution in [3.8, 4) is 0 Å². The van der Waals surface area contributed by atoms with Crippen LogP contribution in [0.2, 0.25) is 0 Å². The standard InChI is InChI=1S/C19H24N4O3/c24-18(20-13-14-7-6-12-26-14)16-15-8-2-5-11-23(15)17(21-16)19(25)22-9-3-1-4-10-22/h2,5,8,11,14H,1,3-4,6-7,9-10,12-13H2,(H,20,24). The van der Waals surface area contributed by atoms with Gasteiger partial charge in [-0.2, -0.15) is 0 Å². The fourth-order valence-electron chi connectivity index (χ4n) is 3.69. The average Bonchev–Trinajstić information content (AvgIpc) is 3.34. The summed E-state index contributed by atoms with van der Waals surface area (Å²) in [5, 5.41) is 2.90. The minimum atomic E-state index is -0.262. The zero-order chi connectivity index (χ0) is 17.9. The summed E-state index contributed by atoms with van der Waals surface area (Å²) in [7, 11) is 0. The number of carbonyl (C=O) groups excluding carboxylic acids is 2. The van der Waals surface area contributed by atoms with Crippen molar-refractivity contribution in [2.45, 2.75) is 38.2 Å². The van der Waals surface area contributed by atoms with Crippen LogP contribution in [0.4, 0.5) is 0 Å². The molecule has 1 unspecified atom stereocenters. The molecule has 2 aromatic heterocycles. The van der Waals surface area contributed by atoms with Gasteiger partial charge in [0.2, 0.25) is 5.82 Å². The Bertz CT molecular complexity index is 804. The normalized spacial score (nSPS) is 20.5. The Morgan fingerprint density at radius 3 is 2.81 bits per heavy atom. The smallest absolute Gasteiger partial charge is 0.290 e. The van der Waals surface area contributed by atoms with Crippen LogP contribution < -0.4 is 5.32 Å². The van der Waals surface area contributed by atoms with E-state index in [-0.39, 0.29) is 17.9 Å². The lowest BCUT2D eigenvalue weighted by Crippen LogP contribution is -2.36. The molecular formula is C19H24N4O3. The van der Waals surface area contributed by atoms with Gasteiger partial charge in [-0.05, 0) is 44.2 Å². The first-order valence-electron chi connectivity index (χ1n) is 9.40. The van der Waals surface area contributed by atoms with E-state index in [0.29, 0.717) is 23.6 Å². The second kappa shape index (κ2) is 7.45. The van der Waals surface area contributed by atoms with Gasteiger partial charge in [0.1, 0.15) is 0 Å². The lowest BCUT2D eigenvalue weighted by atomic mass is 10.1. The predicted molar refractivity (Wildman–Crippen MR) is 96.3 cm³/mol. The number of imidazole rings is 1. The van der Waals surface area contributed by atoms with Crippen LogP contribution in [0.25, 0.3) is 5.52 Å². The quantitative estimate of drug-likeness (QED) is 0.907. The first-order valence-corrected chi connectivity index (χ1v) is 9.40. The summed E-state index contributed by atoms with van der Waals surface area (Å²) in [4.78, 5) is 31.8. The van der Waals surface area contributed by atoms with Crippen molar-refractivity contribution in [3.63, 3.8) is 0 Å². The molecule has 2 aliphatic heterocycles. The van der Waals surface area contributed by atoms with Gasteiger partial charge in [0.15, 0.2) is 5.69 Å². The van der Waals surface area contributed by atoms with Crippen LogP contribution in [0.1, 0.15) is 53.2 Å². The van der Waals surface area contributed by atoms with Crippen LogP contribution in [-0.4, -0.2) is 58.4 Å². The third-order valence-electron chi connectivity index (χ3n) is 5.11. The lowest BCUT2D eigenvalue weighted by Gasteiger charge is -2.25. The number of rotatable bonds is 4. The molecule has 2 fully saturated rings. The van der Waals surface area contributed by atoms with Gasteiger partial charge < -0.3 is 15.0 Å². The Hall–Kier alpha value is -2.41. The molecule has 0 radical (unpaired) electrons. The van der Waals surface area contributed by atoms with E-state index in [0.717, 1.165) is 51.8 Å². The number of ether oxygens (including phenoxy) is 1. The molecule has 0 bridgehead atoms. The van der Waals surface area contributed by atoms with Crippen molar-refractivity contribution in [1.82, 2.24) is 19.6 Å². The molecule has 2 amide bonds. The SMILES string of the molecule is O=C(NCC1CCCO1)c1nc(C(=O)N2CCCCC2)n2ccccc12. The highest BCUT2D eigenvalue weighted by molar-refractivity contribution is 6.02. The zero-order valence-electron chi connectivity index (χ0n) is 14.8. The van der Waals surface area contributed by atoms with E-state index in [9.17, 15) is 9.59 Å². The maximum atomic E-state index is 12.9. The van der Waals surface area contributed by atoms with Crippen LogP contribution in [0.3, 0.4) is 0 Å². The number of nitrogens with zero attached hydrogens (tertiary/aromatic N) is 3. The van der Waals surface area contributed by atoms with Gasteiger partial charge in [-0.25, -0.2) is 4.98 Å². The molecule has 2 aliphatic rings. The number of pyridine rings is 1. The molecule has 0 aliphatic carbocycles. The number of carbonyl (C=O) groups is 2. The van der Waals surface area contributed by atoms with Crippen molar-refractivity contribution in [2.75, 3.05) is 26.2 Å². The molecule has 138 valence electrons. The van der Waals surface area contributed by atoms with E-state index in [2.05, 4.69) is 10.3 Å². The van der Waals surface area contributed by atoms with E-state index >= 15 is 0 Å². The minimum absolute atomic E-state index is 0.0716. The van der Waals surface area contributed by atoms with E-state index in [1.54, 1.807) is 10.6 Å². The number of likely N-dealkylation sites (tertiary alicyclic amines) is 1. The largest absolute Gasteiger partial charge is 0.376 e. The summed E-state index contributed by atoms with van der Waals surface area (Å²) >= 11 is 0. The maximum absolute atomic E-state index is 12.9. The Morgan fingerprint density at radius 1 is 1.19 bits per heavy atom. The Morgan fingerprint density at radius 2 is 2.04 bits per heavy atom. The highest BCUT2D eigenvalue weighted by Gasteiger charge is 2.26. The van der Waals surface area contributed by atoms with Gasteiger partial charge in [0.25, 0.3) is 11.8 Å². The summed E-state index contributed by atoms with van der Waals surface area (Å²) in [5.74, 6) is -0.0595. The monoisotopic (exact) mass is 356 g/mol. The second-order valence-electron chi connectivity index (χ2n) is 6.94. The predicted octanol–water partition coefficient (Wildman–Crippen LogP) is 1.87. The van der Waals surface area contributed by atoms with Gasteiger partial charge in [-0.15, -0.1) is 0 Å². The molecule has 7 nitrogen and oxygen atoms in total. The Balaban J connectivity index is 1.58. The van der Waals surface area contributed by atoms with E-state index in [4.69, 9.17) is 4.74 Å². The minimum Gasteiger partial charge on any atom is -0.376 e. The number of nitrogens with one attached hydrogen (secondary N) is 1. The fraction of sp³-hybridized carbons (Fsp3) is 0.526. The van der Waals surface area contributed by atoms with Crippen molar-refractivity contribution in [1.29, 1.82) is 0 Å². The third kappa shape index (κ3) is 3.31. The van der Waals surface area contributed by atoms with Gasteiger partial charge in [-0.1, -0.05) is 6.07 Å². The van der Waals surface area contributed by atoms with Crippen LogP contribution in [-0.2, 0) is 4.74 Å². The number of amides is 2. The maximum Gasteiger partial charge on any atom is 0.290 e. The van der Waals surface area contributed by atoms with E-state index in [1.807, 2.05) is 23.1 Å². The van der Waals surface area contributed by atoms with Crippen LogP contribution in [0.5, 0.6) is 0 Å². The number of hydrogen-bond donors (Lipinski definition) is 1. The topological polar surface area (TPSA) is 75.9 Å². The molecule has 2 saturated heterocycles. The number of hydrogen-bond acceptors (Lipinski definition) is 4. The summed E-state index contributed by atoms with van der Waals surface area (Å²) in [6, 6.07) is 5.51. The van der Waals surface area contributed by atoms with Crippen LogP contribution in [0.15, 0.2) is 24.4 Å². The molecule has 0 saturated carbocycles. The van der Waals surface area contributed by atoms with Crippen LogP contribution >= 0.6 is 0 Å². The van der Waals surface area contributed by atoms with E-state index in [1.165, 1.54) is 0 Å². The molecule has 2 aromatic rings. The molecule has 4 heterocycles. The number of aromatic nitrogens is 2. The summed E-state index contributed by atoms with van der Waals surface area (Å²) in [6.07, 6.45) is 7.04. The lowest BCUT2D eigenvalue weighted by molar-refractivity contribution is 0.0711. The molecule has 26 heavy (non-hydrogen) atoms. The number of piperidine rings is 1. The van der Waals surface area contributed by atoms with Gasteiger partial charge in [0.05, 0.1) is 11.6 Å². The first-order chi connectivity index (χ1) is 12.7. The van der Waals surface area contributed by atoms with Crippen molar-refractivity contribution in [3.05, 3.63) is 35.9 Å². The molecule has 1 N–H and O–H groups in total. The molecular weight excluding hydrogens is 332 g/mol. The molecule has 0 aromatic carbocycles. The van der Waals surface area contributed by atoms with Crippen molar-refractivity contribution >= 4 is 17.3 Å². The molecule has 7 heteroatoms. The highest BCUT2D eigenvalue weighted by atomic mass is 16.5. The van der Waals surface area contributed by atoms with Crippen molar-refractivity contribution in [2.24, 2.45) is 0 Å². The molecule has 4 rings (SSSR count). The summed E-state index contributed by atoms with van der Waals surface area (Å²) in [5.41, 5.74) is 0.946. The van der Waals surface area contributed by atoms with Gasteiger partial charge in [-0.3, -0.25) is 14.0 Å². The second-order valence-corrected chi connectivity index (χ2v) is 6.94. The van der Waals surface area contributed by atoms with Gasteiger partial charge >= 0.3 is 0 Å². The summed E-state index contributed by atoms with van der Waals surface area (Å²) in [6.45, 7) is 2.73. The van der Waals surface area contributed by atoms with E-state index < -0.39 is 0 Å². The van der Waals surface area contributed by atoms with Crippen molar-refractivity contribution < 1.29 is 14.3 Å². The Kier molecular flexibility index (Phi) is 4.88. The highest BCUT2D eigenvalue weighted by Crippen LogP contribution is 2.18. The average molecular weight is 356 g/mol. The van der Waals surface area contributed by atoms with Gasteiger partial charge in [0, 0.05) is 32.4 Å². The molecule has 1 atom stereocenters.